The zero-order valence-corrected chi connectivity index (χ0v) is 47.2. The fraction of sp³-hybridized carbons (Fsp3) is 0.818. The van der Waals surface area contributed by atoms with Crippen molar-refractivity contribution in [1.29, 1.82) is 0 Å². The van der Waals surface area contributed by atoms with E-state index in [1.54, 1.807) is 13.8 Å². The van der Waals surface area contributed by atoms with Gasteiger partial charge in [0.1, 0.15) is 36.6 Å². The second-order valence-corrected chi connectivity index (χ2v) is 18.0. The molecule has 20 heteroatoms. The Labute approximate surface area is 450 Å². The van der Waals surface area contributed by atoms with Gasteiger partial charge in [0.2, 0.25) is 17.7 Å². The molecule has 75 heavy (non-hydrogen) atoms. The number of ketones is 4. The molecule has 0 spiro atoms. The van der Waals surface area contributed by atoms with Crippen molar-refractivity contribution >= 4 is 59.8 Å². The Kier molecular flexibility index (Phi) is 71.1. The van der Waals surface area contributed by atoms with Crippen LogP contribution in [0.1, 0.15) is 221 Å². The Morgan fingerprint density at radius 1 is 0.413 bits per heavy atom. The van der Waals surface area contributed by atoms with E-state index >= 15 is 0 Å². The maximum atomic E-state index is 11.6. The number of carboxylic acid groups (broad SMARTS) is 3. The van der Waals surface area contributed by atoms with Gasteiger partial charge in [-0.3, -0.25) is 28.8 Å². The van der Waals surface area contributed by atoms with Gasteiger partial charge in [0, 0.05) is 58.2 Å². The number of hydrogen-bond acceptors (Lipinski definition) is 14. The first-order chi connectivity index (χ1) is 36.0. The highest BCUT2D eigenvalue weighted by Crippen LogP contribution is 2.14. The minimum Gasteiger partial charge on any atom is -0.483 e. The van der Waals surface area contributed by atoms with Crippen LogP contribution < -0.4 is 16.0 Å². The van der Waals surface area contributed by atoms with Crippen LogP contribution in [0.25, 0.3) is 0 Å². The van der Waals surface area contributed by atoms with E-state index in [1.807, 2.05) is 6.92 Å². The summed E-state index contributed by atoms with van der Waals surface area (Å²) in [6.07, 6.45) is 27.2. The molecule has 0 bridgehead atoms. The molecule has 6 N–H and O–H groups in total. The number of amides is 3. The van der Waals surface area contributed by atoms with Gasteiger partial charge in [-0.1, -0.05) is 117 Å². The summed E-state index contributed by atoms with van der Waals surface area (Å²) in [5.74, 6) is -0.838. The minimum atomic E-state index is -1.09. The number of rotatable bonds is 48. The molecular weight excluding hydrogens is 975 g/mol. The lowest BCUT2D eigenvalue weighted by molar-refractivity contribution is -0.142. The number of ether oxygens (including phenoxy) is 4. The summed E-state index contributed by atoms with van der Waals surface area (Å²) in [5.41, 5.74) is 0. The molecule has 0 aromatic rings. The molecule has 0 rings (SSSR count). The third-order valence-corrected chi connectivity index (χ3v) is 10.6. The first kappa shape index (κ1) is 79.2. The minimum absolute atomic E-state index is 0.0279. The largest absolute Gasteiger partial charge is 0.483 e. The van der Waals surface area contributed by atoms with Gasteiger partial charge in [-0.15, -0.1) is 0 Å². The molecule has 1 unspecified atom stereocenters. The highest BCUT2D eigenvalue weighted by molar-refractivity contribution is 5.84. The summed E-state index contributed by atoms with van der Waals surface area (Å²) < 4.78 is 21.1. The van der Waals surface area contributed by atoms with E-state index in [9.17, 15) is 38.4 Å². The molecular formula is C55H103N3O17. The quantitative estimate of drug-likeness (QED) is 0.0245. The summed E-state index contributed by atoms with van der Waals surface area (Å²) in [6, 6.07) is -0.951. The third-order valence-electron chi connectivity index (χ3n) is 10.6. The fourth-order valence-electron chi connectivity index (χ4n) is 6.44. The van der Waals surface area contributed by atoms with Crippen molar-refractivity contribution in [2.75, 3.05) is 65.9 Å². The molecule has 0 aliphatic rings. The van der Waals surface area contributed by atoms with E-state index < -0.39 is 12.0 Å². The molecule has 3 amide bonds. The van der Waals surface area contributed by atoms with Crippen LogP contribution in [-0.4, -0.2) is 147 Å². The summed E-state index contributed by atoms with van der Waals surface area (Å²) >= 11 is 0. The number of carboxylic acids is 1. The second kappa shape index (κ2) is 67.4. The van der Waals surface area contributed by atoms with Gasteiger partial charge in [0.05, 0.1) is 33.0 Å². The predicted octanol–water partition coefficient (Wildman–Crippen LogP) is 8.55. The van der Waals surface area contributed by atoms with E-state index in [2.05, 4.69) is 29.8 Å². The Balaban J connectivity index is -0.000000318. The molecule has 0 saturated carbocycles. The molecule has 0 aliphatic heterocycles. The third kappa shape index (κ3) is 80.9. The average Bonchev–Trinajstić information content (AvgIpc) is 3.36. The number of carbonyl (C=O) groups is 10. The van der Waals surface area contributed by atoms with Crippen LogP contribution >= 0.6 is 0 Å². The van der Waals surface area contributed by atoms with Crippen LogP contribution in [0.4, 0.5) is 0 Å². The first-order valence-corrected chi connectivity index (χ1v) is 27.5. The molecule has 0 heterocycles. The molecule has 0 aromatic heterocycles. The smallest absolute Gasteiger partial charge is 0.326 e. The lowest BCUT2D eigenvalue weighted by atomic mass is 10.0. The van der Waals surface area contributed by atoms with Crippen molar-refractivity contribution in [2.45, 2.75) is 227 Å². The van der Waals surface area contributed by atoms with Gasteiger partial charge in [0.15, 0.2) is 5.78 Å². The van der Waals surface area contributed by atoms with Crippen molar-refractivity contribution in [2.24, 2.45) is 0 Å². The SMILES string of the molecule is CC(=O)CCCCCCCCCCCCCCCCC(=O)NCCCC(C)=O.CCCCC(=O)NC(CCC(C)=O)C(=O)O.CCCCOCCOCC(=O)NCCOCCOCC(=O)CCCC.O=CO.O=CO. The Bertz CT molecular complexity index is 1390. The molecule has 440 valence electrons. The monoisotopic (exact) mass is 1080 g/mol. The predicted molar refractivity (Wildman–Crippen MR) is 290 cm³/mol. The lowest BCUT2D eigenvalue weighted by Gasteiger charge is -2.13. The first-order valence-electron chi connectivity index (χ1n) is 27.5. The Morgan fingerprint density at radius 2 is 0.800 bits per heavy atom. The molecule has 0 aliphatic carbocycles. The summed E-state index contributed by atoms with van der Waals surface area (Å²) in [6.45, 7) is 14.4. The average molecular weight is 1080 g/mol. The van der Waals surface area contributed by atoms with Crippen LogP contribution in [-0.2, 0) is 66.9 Å². The molecule has 0 saturated heterocycles. The van der Waals surface area contributed by atoms with Gasteiger partial charge < -0.3 is 64.6 Å². The molecule has 0 aromatic carbocycles. The number of Topliss-reactive ketones (excluding diaryl/α,β-unsaturated/α-hetero) is 4. The van der Waals surface area contributed by atoms with E-state index in [-0.39, 0.29) is 74.1 Å². The number of nitrogens with one attached hydrogen (secondary N) is 3. The zero-order valence-electron chi connectivity index (χ0n) is 47.2. The van der Waals surface area contributed by atoms with E-state index in [0.29, 0.717) is 77.6 Å². The molecule has 20 nitrogen and oxygen atoms in total. The van der Waals surface area contributed by atoms with Crippen molar-refractivity contribution in [3.05, 3.63) is 0 Å². The normalized spacial score (nSPS) is 10.5. The van der Waals surface area contributed by atoms with E-state index in [0.717, 1.165) is 77.2 Å². The topological polar surface area (TPSA) is 304 Å². The lowest BCUT2D eigenvalue weighted by Crippen LogP contribution is -2.40. The van der Waals surface area contributed by atoms with Crippen molar-refractivity contribution in [3.63, 3.8) is 0 Å². The van der Waals surface area contributed by atoms with Gasteiger partial charge in [-0.05, 0) is 65.7 Å². The van der Waals surface area contributed by atoms with Crippen LogP contribution in [0.5, 0.6) is 0 Å². The van der Waals surface area contributed by atoms with Gasteiger partial charge in [0.25, 0.3) is 12.9 Å². The van der Waals surface area contributed by atoms with Gasteiger partial charge in [-0.2, -0.15) is 0 Å². The summed E-state index contributed by atoms with van der Waals surface area (Å²) in [7, 11) is 0. The standard InChI is InChI=1S/C24H45NO3.C18H35NO6.C11H19NO4.2CH2O2/c1-22(26)18-15-13-11-9-7-5-3-4-6-8-10-12-14-16-20-24(28)25-21-17-19-23(2)27;1-3-5-7-17(20)15-24-13-12-23-10-8-19-18(21)16-25-14-11-22-9-6-4-2;1-3-4-5-10(14)12-9(11(15)16)7-6-8(2)13;2*2-1-3/h3-21H2,1-2H3,(H,25,28);3-16H2,1-2H3,(H,19,21);9H,3-7H2,1-2H3,(H,12,14)(H,15,16);2*1H,(H,2,3). The van der Waals surface area contributed by atoms with Crippen LogP contribution in [0.2, 0.25) is 0 Å². The summed E-state index contributed by atoms with van der Waals surface area (Å²) in [5, 5.41) is 30.6. The maximum Gasteiger partial charge on any atom is 0.326 e. The van der Waals surface area contributed by atoms with Crippen LogP contribution in [0.15, 0.2) is 0 Å². The maximum absolute atomic E-state index is 11.6. The highest BCUT2D eigenvalue weighted by Gasteiger charge is 2.19. The zero-order chi connectivity index (χ0) is 57.4. The van der Waals surface area contributed by atoms with E-state index in [4.69, 9.17) is 43.9 Å². The number of unbranched alkanes of at least 4 members (excludes halogenated alkanes) is 16. The van der Waals surface area contributed by atoms with Crippen molar-refractivity contribution in [1.82, 2.24) is 16.0 Å². The molecule has 0 radical (unpaired) electrons. The second-order valence-electron chi connectivity index (χ2n) is 18.0. The van der Waals surface area contributed by atoms with Crippen LogP contribution in [0, 0.1) is 0 Å². The highest BCUT2D eigenvalue weighted by atomic mass is 16.5. The summed E-state index contributed by atoms with van der Waals surface area (Å²) in [4.78, 5) is 106. The van der Waals surface area contributed by atoms with Crippen LogP contribution in [0.3, 0.4) is 0 Å². The number of hydrogen-bond donors (Lipinski definition) is 6. The Morgan fingerprint density at radius 3 is 1.27 bits per heavy atom. The number of aliphatic carboxylic acids is 1. The van der Waals surface area contributed by atoms with Crippen molar-refractivity contribution in [3.8, 4) is 0 Å². The van der Waals surface area contributed by atoms with Gasteiger partial charge >= 0.3 is 5.97 Å². The van der Waals surface area contributed by atoms with E-state index in [1.165, 1.54) is 77.6 Å². The fourth-order valence-corrected chi connectivity index (χ4v) is 6.44. The molecule has 0 fully saturated rings. The molecule has 1 atom stereocenters. The van der Waals surface area contributed by atoms with Crippen molar-refractivity contribution < 1.29 is 82.2 Å². The Hall–Kier alpha value is -4.66. The number of carbonyl (C=O) groups excluding carboxylic acids is 7. The van der Waals surface area contributed by atoms with Gasteiger partial charge in [-0.25, -0.2) is 4.79 Å².